The summed E-state index contributed by atoms with van der Waals surface area (Å²) in [5.74, 6) is 0.739. The zero-order valence-corrected chi connectivity index (χ0v) is 19.9. The number of pyridine rings is 1. The third-order valence-corrected chi connectivity index (χ3v) is 6.86. The van der Waals surface area contributed by atoms with Crippen molar-refractivity contribution in [2.75, 3.05) is 11.9 Å². The minimum atomic E-state index is -3.73. The summed E-state index contributed by atoms with van der Waals surface area (Å²) < 4.78 is 28.6. The van der Waals surface area contributed by atoms with E-state index in [0.717, 1.165) is 35.2 Å². The number of primary sulfonamides is 1. The van der Waals surface area contributed by atoms with Crippen molar-refractivity contribution in [3.05, 3.63) is 71.8 Å². The Morgan fingerprint density at radius 2 is 1.71 bits per heavy atom. The van der Waals surface area contributed by atoms with Crippen molar-refractivity contribution in [2.45, 2.75) is 36.8 Å². The van der Waals surface area contributed by atoms with Crippen LogP contribution >= 0.6 is 0 Å². The lowest BCUT2D eigenvalue weighted by atomic mass is 10.0. The number of aliphatic hydroxyl groups is 1. The van der Waals surface area contributed by atoms with Gasteiger partial charge in [0.1, 0.15) is 0 Å². The smallest absolute Gasteiger partial charge is 0.245 e. The Morgan fingerprint density at radius 3 is 2.34 bits per heavy atom. The summed E-state index contributed by atoms with van der Waals surface area (Å²) in [7, 11) is -3.73. The molecule has 2 heterocycles. The monoisotopic (exact) mass is 491 g/mol. The number of rotatable bonds is 8. The van der Waals surface area contributed by atoms with Crippen LogP contribution in [0.4, 0.5) is 5.95 Å². The Labute approximate surface area is 203 Å². The fourth-order valence-corrected chi connectivity index (χ4v) is 4.32. The highest BCUT2D eigenvalue weighted by Crippen LogP contribution is 2.45. The number of sulfonamides is 1. The van der Waals surface area contributed by atoms with Crippen LogP contribution in [-0.4, -0.2) is 35.1 Å². The van der Waals surface area contributed by atoms with Crippen LogP contribution in [0.3, 0.4) is 0 Å². The van der Waals surface area contributed by atoms with Crippen molar-refractivity contribution in [1.29, 1.82) is 0 Å². The predicted octanol–water partition coefficient (Wildman–Crippen LogP) is 3.33. The third-order valence-electron chi connectivity index (χ3n) is 5.94. The van der Waals surface area contributed by atoms with Crippen LogP contribution in [0.25, 0.3) is 22.3 Å². The van der Waals surface area contributed by atoms with Crippen LogP contribution in [0, 0.1) is 0 Å². The van der Waals surface area contributed by atoms with Crippen LogP contribution in [0.15, 0.2) is 65.6 Å². The molecule has 4 N–H and O–H groups in total. The molecule has 2 aromatic heterocycles. The minimum absolute atomic E-state index is 0.0572. The van der Waals surface area contributed by atoms with E-state index >= 15 is 0 Å². The molecule has 0 unspecified atom stereocenters. The molecule has 0 atom stereocenters. The Hall–Kier alpha value is -3.60. The summed E-state index contributed by atoms with van der Waals surface area (Å²) in [5.41, 5.74) is 3.96. The first-order valence-electron chi connectivity index (χ1n) is 11.3. The van der Waals surface area contributed by atoms with E-state index in [1.807, 2.05) is 43.3 Å². The summed E-state index contributed by atoms with van der Waals surface area (Å²) in [5, 5.41) is 18.6. The standard InChI is InChI=1S/C25H25N5O4S/c1-2-34-23-22-21(12-11-20(28-22)17-5-7-18(8-6-17)25(31)13-14-25)29-24(30-23)27-15-16-3-9-19(10-4-16)35(26,32)33/h3-12,31H,2,13-15H2,1H3,(H2,26,32,33)(H,27,29,30). The van der Waals surface area contributed by atoms with Crippen LogP contribution in [0.2, 0.25) is 0 Å². The normalized spacial score (nSPS) is 14.6. The summed E-state index contributed by atoms with van der Waals surface area (Å²) in [6.07, 6.45) is 1.60. The number of ether oxygens (including phenoxy) is 1. The lowest BCUT2D eigenvalue weighted by Gasteiger charge is -2.12. The van der Waals surface area contributed by atoms with E-state index in [1.54, 1.807) is 12.1 Å². The van der Waals surface area contributed by atoms with E-state index in [0.29, 0.717) is 36.0 Å². The zero-order chi connectivity index (χ0) is 24.6. The predicted molar refractivity (Wildman–Crippen MR) is 132 cm³/mol. The summed E-state index contributed by atoms with van der Waals surface area (Å²) in [6.45, 7) is 2.67. The number of nitrogens with zero attached hydrogens (tertiary/aromatic N) is 3. The molecule has 1 aliphatic rings. The van der Waals surface area contributed by atoms with Gasteiger partial charge in [0.2, 0.25) is 21.9 Å². The Balaban J connectivity index is 1.39. The molecule has 1 saturated carbocycles. The van der Waals surface area contributed by atoms with Gasteiger partial charge in [-0.2, -0.15) is 4.98 Å². The lowest BCUT2D eigenvalue weighted by Crippen LogP contribution is -2.12. The second-order valence-electron chi connectivity index (χ2n) is 8.50. The molecule has 0 bridgehead atoms. The maximum absolute atomic E-state index is 11.4. The molecule has 4 aromatic rings. The number of hydrogen-bond donors (Lipinski definition) is 3. The first-order valence-corrected chi connectivity index (χ1v) is 12.8. The highest BCUT2D eigenvalue weighted by molar-refractivity contribution is 7.89. The van der Waals surface area contributed by atoms with Crippen molar-refractivity contribution in [1.82, 2.24) is 15.0 Å². The first kappa shape index (κ1) is 23.2. The van der Waals surface area contributed by atoms with Gasteiger partial charge < -0.3 is 15.2 Å². The van der Waals surface area contributed by atoms with E-state index < -0.39 is 15.6 Å². The maximum Gasteiger partial charge on any atom is 0.245 e. The zero-order valence-electron chi connectivity index (χ0n) is 19.1. The van der Waals surface area contributed by atoms with E-state index in [9.17, 15) is 13.5 Å². The molecular weight excluding hydrogens is 466 g/mol. The molecule has 0 amide bonds. The van der Waals surface area contributed by atoms with Gasteiger partial charge in [0.15, 0.2) is 5.52 Å². The number of anilines is 1. The number of nitrogens with two attached hydrogens (primary N) is 1. The Kier molecular flexibility index (Phi) is 5.87. The quantitative estimate of drug-likeness (QED) is 0.341. The Morgan fingerprint density at radius 1 is 1.00 bits per heavy atom. The van der Waals surface area contributed by atoms with Gasteiger partial charge in [-0.05, 0) is 55.2 Å². The highest BCUT2D eigenvalue weighted by atomic mass is 32.2. The molecule has 1 fully saturated rings. The van der Waals surface area contributed by atoms with Gasteiger partial charge in [-0.25, -0.2) is 23.5 Å². The third kappa shape index (κ3) is 4.95. The molecule has 0 spiro atoms. The van der Waals surface area contributed by atoms with Crippen LogP contribution in [0.5, 0.6) is 5.88 Å². The van der Waals surface area contributed by atoms with E-state index in [-0.39, 0.29) is 4.90 Å². The molecule has 180 valence electrons. The van der Waals surface area contributed by atoms with Gasteiger partial charge >= 0.3 is 0 Å². The maximum atomic E-state index is 11.4. The van der Waals surface area contributed by atoms with E-state index in [2.05, 4.69) is 15.3 Å². The van der Waals surface area contributed by atoms with Crippen LogP contribution in [-0.2, 0) is 22.2 Å². The average molecular weight is 492 g/mol. The molecule has 35 heavy (non-hydrogen) atoms. The SMILES string of the molecule is CCOc1nc(NCc2ccc(S(N)(=O)=O)cc2)nc2ccc(-c3ccc(C4(O)CC4)cc3)nc12. The van der Waals surface area contributed by atoms with Crippen molar-refractivity contribution in [2.24, 2.45) is 5.14 Å². The minimum Gasteiger partial charge on any atom is -0.476 e. The number of aromatic nitrogens is 3. The molecule has 0 radical (unpaired) electrons. The molecule has 2 aromatic carbocycles. The van der Waals surface area contributed by atoms with Gasteiger partial charge in [0, 0.05) is 12.1 Å². The first-order chi connectivity index (χ1) is 16.7. The number of hydrogen-bond acceptors (Lipinski definition) is 8. The van der Waals surface area contributed by atoms with Gasteiger partial charge in [0.25, 0.3) is 0 Å². The molecule has 0 aliphatic heterocycles. The van der Waals surface area contributed by atoms with Gasteiger partial charge in [-0.1, -0.05) is 36.4 Å². The van der Waals surface area contributed by atoms with Crippen LogP contribution < -0.4 is 15.2 Å². The average Bonchev–Trinajstić information content (AvgIpc) is 3.61. The van der Waals surface area contributed by atoms with Gasteiger partial charge in [0.05, 0.1) is 28.3 Å². The van der Waals surface area contributed by atoms with E-state index in [4.69, 9.17) is 14.9 Å². The van der Waals surface area contributed by atoms with Gasteiger partial charge in [-0.15, -0.1) is 0 Å². The van der Waals surface area contributed by atoms with Crippen molar-refractivity contribution >= 4 is 27.0 Å². The van der Waals surface area contributed by atoms with Crippen molar-refractivity contribution in [3.8, 4) is 17.1 Å². The van der Waals surface area contributed by atoms with Crippen LogP contribution in [0.1, 0.15) is 30.9 Å². The topological polar surface area (TPSA) is 140 Å². The largest absolute Gasteiger partial charge is 0.476 e. The highest BCUT2D eigenvalue weighted by Gasteiger charge is 2.41. The number of benzene rings is 2. The Bertz CT molecular complexity index is 1490. The molecule has 1 aliphatic carbocycles. The fraction of sp³-hybridized carbons (Fsp3) is 0.240. The molecular formula is C25H25N5O4S. The van der Waals surface area contributed by atoms with E-state index in [1.165, 1.54) is 12.1 Å². The van der Waals surface area contributed by atoms with Crippen molar-refractivity contribution < 1.29 is 18.3 Å². The summed E-state index contributed by atoms with van der Waals surface area (Å²) in [4.78, 5) is 13.9. The summed E-state index contributed by atoms with van der Waals surface area (Å²) in [6, 6.07) is 17.8. The molecule has 9 nitrogen and oxygen atoms in total. The molecule has 10 heteroatoms. The molecule has 5 rings (SSSR count). The second kappa shape index (κ2) is 8.88. The number of fused-ring (bicyclic) bond motifs is 1. The molecule has 0 saturated heterocycles. The second-order valence-corrected chi connectivity index (χ2v) is 10.1. The van der Waals surface area contributed by atoms with Crippen molar-refractivity contribution in [3.63, 3.8) is 0 Å². The number of nitrogens with one attached hydrogen (secondary N) is 1. The van der Waals surface area contributed by atoms with Gasteiger partial charge in [-0.3, -0.25) is 0 Å². The lowest BCUT2D eigenvalue weighted by molar-refractivity contribution is 0.151. The fourth-order valence-electron chi connectivity index (χ4n) is 3.80. The summed E-state index contributed by atoms with van der Waals surface area (Å²) >= 11 is 0.